The normalized spacial score (nSPS) is 16.2. The monoisotopic (exact) mass is 287 g/mol. The summed E-state index contributed by atoms with van der Waals surface area (Å²) < 4.78 is 19.2. The summed E-state index contributed by atoms with van der Waals surface area (Å²) in [4.78, 5) is 12.2. The number of carbonyl (C=O) groups is 1. The SMILES string of the molecule is CN(C(=O)O)C1Cc2cccc(-c3cccc(F)c3)c2O1. The van der Waals surface area contributed by atoms with Crippen LogP contribution in [0.2, 0.25) is 0 Å². The van der Waals surface area contributed by atoms with Crippen LogP contribution in [0.4, 0.5) is 9.18 Å². The number of nitrogens with zero attached hydrogens (tertiary/aromatic N) is 1. The molecule has 1 atom stereocenters. The Morgan fingerprint density at radius 2 is 2.10 bits per heavy atom. The summed E-state index contributed by atoms with van der Waals surface area (Å²) in [7, 11) is 1.47. The molecular formula is C16H14FNO3. The van der Waals surface area contributed by atoms with Gasteiger partial charge in [-0.15, -0.1) is 0 Å². The maximum absolute atomic E-state index is 13.4. The lowest BCUT2D eigenvalue weighted by molar-refractivity contribution is 0.0610. The number of hydrogen-bond donors (Lipinski definition) is 1. The summed E-state index contributed by atoms with van der Waals surface area (Å²) >= 11 is 0. The molecule has 3 rings (SSSR count). The zero-order valence-electron chi connectivity index (χ0n) is 11.4. The molecule has 1 unspecified atom stereocenters. The number of benzene rings is 2. The third kappa shape index (κ3) is 2.42. The van der Waals surface area contributed by atoms with Gasteiger partial charge in [-0.2, -0.15) is 0 Å². The number of fused-ring (bicyclic) bond motifs is 1. The molecule has 1 aliphatic heterocycles. The van der Waals surface area contributed by atoms with Gasteiger partial charge in [0.1, 0.15) is 11.6 Å². The Morgan fingerprint density at radius 1 is 1.33 bits per heavy atom. The fourth-order valence-corrected chi connectivity index (χ4v) is 2.47. The van der Waals surface area contributed by atoms with Gasteiger partial charge in [0.2, 0.25) is 0 Å². The van der Waals surface area contributed by atoms with Crippen molar-refractivity contribution in [1.82, 2.24) is 4.90 Å². The van der Waals surface area contributed by atoms with E-state index in [-0.39, 0.29) is 5.82 Å². The van der Waals surface area contributed by atoms with E-state index in [1.807, 2.05) is 18.2 Å². The van der Waals surface area contributed by atoms with Gasteiger partial charge in [-0.05, 0) is 17.7 Å². The second-order valence-corrected chi connectivity index (χ2v) is 4.97. The molecule has 2 aromatic carbocycles. The molecule has 0 fully saturated rings. The van der Waals surface area contributed by atoms with Crippen molar-refractivity contribution < 1.29 is 19.0 Å². The third-order valence-corrected chi connectivity index (χ3v) is 3.61. The predicted octanol–water partition coefficient (Wildman–Crippen LogP) is 3.36. The standard InChI is InChI=1S/C16H14FNO3/c1-18(16(19)20)14-9-11-5-3-7-13(15(11)21-14)10-4-2-6-12(17)8-10/h2-8,14H,9H2,1H3,(H,19,20). The van der Waals surface area contributed by atoms with Crippen molar-refractivity contribution in [2.24, 2.45) is 0 Å². The second kappa shape index (κ2) is 5.09. The molecule has 1 N–H and O–H groups in total. The topological polar surface area (TPSA) is 49.8 Å². The maximum atomic E-state index is 13.4. The first-order valence-corrected chi connectivity index (χ1v) is 6.56. The Balaban J connectivity index is 1.98. The van der Waals surface area contributed by atoms with Crippen LogP contribution < -0.4 is 4.74 Å². The van der Waals surface area contributed by atoms with Gasteiger partial charge in [-0.1, -0.05) is 30.3 Å². The van der Waals surface area contributed by atoms with Crippen LogP contribution in [-0.4, -0.2) is 29.4 Å². The minimum atomic E-state index is -1.04. The molecule has 0 bridgehead atoms. The summed E-state index contributed by atoms with van der Waals surface area (Å²) in [5.74, 6) is 0.309. The van der Waals surface area contributed by atoms with E-state index in [2.05, 4.69) is 0 Å². The first kappa shape index (κ1) is 13.4. The molecule has 0 aromatic heterocycles. The number of carboxylic acid groups (broad SMARTS) is 1. The fraction of sp³-hybridized carbons (Fsp3) is 0.188. The van der Waals surface area contributed by atoms with Crippen molar-refractivity contribution in [3.8, 4) is 16.9 Å². The second-order valence-electron chi connectivity index (χ2n) is 4.97. The van der Waals surface area contributed by atoms with Crippen LogP contribution in [0.1, 0.15) is 5.56 Å². The molecule has 21 heavy (non-hydrogen) atoms. The third-order valence-electron chi connectivity index (χ3n) is 3.61. The van der Waals surface area contributed by atoms with E-state index >= 15 is 0 Å². The van der Waals surface area contributed by atoms with Gasteiger partial charge < -0.3 is 9.84 Å². The summed E-state index contributed by atoms with van der Waals surface area (Å²) in [6.07, 6.45) is -1.10. The zero-order valence-corrected chi connectivity index (χ0v) is 11.4. The maximum Gasteiger partial charge on any atom is 0.409 e. The van der Waals surface area contributed by atoms with Crippen molar-refractivity contribution in [3.05, 3.63) is 53.8 Å². The average Bonchev–Trinajstić information content (AvgIpc) is 2.90. The lowest BCUT2D eigenvalue weighted by Gasteiger charge is -2.21. The lowest BCUT2D eigenvalue weighted by atomic mass is 10.0. The molecule has 5 heteroatoms. The van der Waals surface area contributed by atoms with Gasteiger partial charge in [-0.25, -0.2) is 9.18 Å². The molecule has 0 saturated heterocycles. The van der Waals surface area contributed by atoms with Crippen LogP contribution in [0.5, 0.6) is 5.75 Å². The number of rotatable bonds is 2. The van der Waals surface area contributed by atoms with E-state index in [0.717, 1.165) is 16.0 Å². The van der Waals surface area contributed by atoms with Gasteiger partial charge in [-0.3, -0.25) is 4.90 Å². The van der Waals surface area contributed by atoms with E-state index in [9.17, 15) is 9.18 Å². The van der Waals surface area contributed by atoms with Crippen LogP contribution in [0.3, 0.4) is 0 Å². The van der Waals surface area contributed by atoms with Crippen molar-refractivity contribution in [2.75, 3.05) is 7.05 Å². The zero-order chi connectivity index (χ0) is 15.0. The largest absolute Gasteiger partial charge is 0.469 e. The molecule has 1 amide bonds. The fourth-order valence-electron chi connectivity index (χ4n) is 2.47. The smallest absolute Gasteiger partial charge is 0.409 e. The first-order chi connectivity index (χ1) is 10.1. The van der Waals surface area contributed by atoms with Gasteiger partial charge in [0.05, 0.1) is 0 Å². The van der Waals surface area contributed by atoms with Gasteiger partial charge in [0, 0.05) is 24.6 Å². The molecule has 1 heterocycles. The van der Waals surface area contributed by atoms with E-state index < -0.39 is 12.3 Å². The number of ether oxygens (including phenoxy) is 1. The highest BCUT2D eigenvalue weighted by Gasteiger charge is 2.30. The molecular weight excluding hydrogens is 273 g/mol. The molecule has 4 nitrogen and oxygen atoms in total. The first-order valence-electron chi connectivity index (χ1n) is 6.56. The Kier molecular flexibility index (Phi) is 3.25. The van der Waals surface area contributed by atoms with Crippen molar-refractivity contribution in [2.45, 2.75) is 12.6 Å². The van der Waals surface area contributed by atoms with E-state index in [1.165, 1.54) is 19.2 Å². The van der Waals surface area contributed by atoms with Crippen molar-refractivity contribution in [3.63, 3.8) is 0 Å². The van der Waals surface area contributed by atoms with Crippen molar-refractivity contribution >= 4 is 6.09 Å². The number of amides is 1. The van der Waals surface area contributed by atoms with Crippen LogP contribution in [0.15, 0.2) is 42.5 Å². The van der Waals surface area contributed by atoms with Crippen LogP contribution >= 0.6 is 0 Å². The summed E-state index contributed by atoms with van der Waals surface area (Å²) in [5, 5.41) is 9.04. The minimum absolute atomic E-state index is 0.317. The van der Waals surface area contributed by atoms with Crippen LogP contribution in [0.25, 0.3) is 11.1 Å². The van der Waals surface area contributed by atoms with Crippen LogP contribution in [0, 0.1) is 5.82 Å². The predicted molar refractivity (Wildman–Crippen MR) is 75.7 cm³/mol. The Morgan fingerprint density at radius 3 is 2.81 bits per heavy atom. The summed E-state index contributed by atoms with van der Waals surface area (Å²) in [5.41, 5.74) is 2.41. The van der Waals surface area contributed by atoms with Gasteiger partial charge in [0.15, 0.2) is 6.23 Å². The number of para-hydroxylation sites is 1. The quantitative estimate of drug-likeness (QED) is 0.921. The molecule has 0 aliphatic carbocycles. The molecule has 1 aliphatic rings. The average molecular weight is 287 g/mol. The van der Waals surface area contributed by atoms with E-state index in [4.69, 9.17) is 9.84 Å². The molecule has 0 radical (unpaired) electrons. The summed E-state index contributed by atoms with van der Waals surface area (Å²) in [6.45, 7) is 0. The Labute approximate surface area is 121 Å². The van der Waals surface area contributed by atoms with E-state index in [1.54, 1.807) is 12.1 Å². The molecule has 0 spiro atoms. The van der Waals surface area contributed by atoms with Gasteiger partial charge in [0.25, 0.3) is 0 Å². The number of hydrogen-bond acceptors (Lipinski definition) is 2. The Hall–Kier alpha value is -2.56. The van der Waals surface area contributed by atoms with Crippen LogP contribution in [-0.2, 0) is 6.42 Å². The highest BCUT2D eigenvalue weighted by Crippen LogP contribution is 2.39. The summed E-state index contributed by atoms with van der Waals surface area (Å²) in [6, 6.07) is 11.9. The minimum Gasteiger partial charge on any atom is -0.469 e. The Bertz CT molecular complexity index is 702. The number of likely N-dealkylation sites (N-methyl/N-ethyl adjacent to an activating group) is 1. The highest BCUT2D eigenvalue weighted by atomic mass is 19.1. The molecule has 2 aromatic rings. The highest BCUT2D eigenvalue weighted by molar-refractivity contribution is 5.73. The molecule has 108 valence electrons. The molecule has 0 saturated carbocycles. The van der Waals surface area contributed by atoms with Crippen molar-refractivity contribution in [1.29, 1.82) is 0 Å². The van der Waals surface area contributed by atoms with E-state index in [0.29, 0.717) is 17.7 Å². The van der Waals surface area contributed by atoms with Gasteiger partial charge >= 0.3 is 6.09 Å². The lowest BCUT2D eigenvalue weighted by Crippen LogP contribution is -2.38. The number of halogens is 1.